The second-order valence-corrected chi connectivity index (χ2v) is 9.08. The molecule has 0 saturated heterocycles. The molecule has 0 fully saturated rings. The van der Waals surface area contributed by atoms with E-state index in [1.807, 2.05) is 91.5 Å². The van der Waals surface area contributed by atoms with Crippen molar-refractivity contribution < 1.29 is 9.59 Å². The van der Waals surface area contributed by atoms with Crippen LogP contribution in [0.5, 0.6) is 0 Å². The van der Waals surface area contributed by atoms with E-state index in [4.69, 9.17) is 11.6 Å². The standard InChI is InChI=1S/C27H28ClN3O2/c1-18-17-26(31(19(2)32)23-15-11-21(28)12-16-23)24-7-5-6-8-25(24)30(18)27(33)20-9-13-22(14-10-20)29(3)4/h5-16,18,26H,17H2,1-4H3/t18?,26-/m0/s1. The van der Waals surface area contributed by atoms with Crippen LogP contribution < -0.4 is 14.7 Å². The van der Waals surface area contributed by atoms with Gasteiger partial charge in [-0.25, -0.2) is 0 Å². The summed E-state index contributed by atoms with van der Waals surface area (Å²) in [5.41, 5.74) is 4.26. The van der Waals surface area contributed by atoms with E-state index in [2.05, 4.69) is 0 Å². The van der Waals surface area contributed by atoms with Gasteiger partial charge in [-0.05, 0) is 73.5 Å². The van der Waals surface area contributed by atoms with Crippen LogP contribution in [-0.2, 0) is 4.79 Å². The number of amides is 2. The van der Waals surface area contributed by atoms with Crippen molar-refractivity contribution in [3.63, 3.8) is 0 Å². The minimum Gasteiger partial charge on any atom is -0.378 e. The Hall–Kier alpha value is -3.31. The molecule has 33 heavy (non-hydrogen) atoms. The van der Waals surface area contributed by atoms with Crippen molar-refractivity contribution in [3.8, 4) is 0 Å². The van der Waals surface area contributed by atoms with E-state index in [0.29, 0.717) is 17.0 Å². The topological polar surface area (TPSA) is 43.9 Å². The number of nitrogens with zero attached hydrogens (tertiary/aromatic N) is 3. The number of hydrogen-bond acceptors (Lipinski definition) is 3. The third-order valence-corrected chi connectivity index (χ3v) is 6.42. The highest BCUT2D eigenvalue weighted by Gasteiger charge is 2.38. The first kappa shape index (κ1) is 22.9. The Morgan fingerprint density at radius 3 is 2.12 bits per heavy atom. The van der Waals surface area contributed by atoms with Crippen molar-refractivity contribution in [3.05, 3.63) is 88.9 Å². The second kappa shape index (κ2) is 9.28. The molecule has 3 aromatic rings. The average Bonchev–Trinajstić information content (AvgIpc) is 2.80. The van der Waals surface area contributed by atoms with Gasteiger partial charge in [-0.3, -0.25) is 9.59 Å². The molecule has 0 radical (unpaired) electrons. The Kier molecular flexibility index (Phi) is 6.43. The molecule has 1 heterocycles. The first-order valence-corrected chi connectivity index (χ1v) is 11.4. The van der Waals surface area contributed by atoms with Gasteiger partial charge in [0.25, 0.3) is 5.91 Å². The molecule has 0 aromatic heterocycles. The van der Waals surface area contributed by atoms with E-state index in [0.717, 1.165) is 22.6 Å². The van der Waals surface area contributed by atoms with Crippen molar-refractivity contribution in [1.82, 2.24) is 0 Å². The number of halogens is 1. The predicted octanol–water partition coefficient (Wildman–Crippen LogP) is 5.94. The van der Waals surface area contributed by atoms with E-state index >= 15 is 0 Å². The lowest BCUT2D eigenvalue weighted by molar-refractivity contribution is -0.117. The lowest BCUT2D eigenvalue weighted by atomic mass is 9.89. The molecule has 0 aliphatic carbocycles. The quantitative estimate of drug-likeness (QED) is 0.483. The average molecular weight is 462 g/mol. The Morgan fingerprint density at radius 1 is 0.909 bits per heavy atom. The van der Waals surface area contributed by atoms with Crippen molar-refractivity contribution in [2.24, 2.45) is 0 Å². The molecule has 2 atom stereocenters. The number of carbonyl (C=O) groups excluding carboxylic acids is 2. The number of fused-ring (bicyclic) bond motifs is 1. The zero-order valence-corrected chi connectivity index (χ0v) is 20.1. The van der Waals surface area contributed by atoms with Crippen LogP contribution in [0, 0.1) is 0 Å². The Labute approximate surface area is 200 Å². The summed E-state index contributed by atoms with van der Waals surface area (Å²) >= 11 is 6.07. The predicted molar refractivity (Wildman–Crippen MR) is 135 cm³/mol. The minimum atomic E-state index is -0.185. The van der Waals surface area contributed by atoms with Gasteiger partial charge in [0.2, 0.25) is 5.91 Å². The van der Waals surface area contributed by atoms with Crippen LogP contribution in [0.2, 0.25) is 5.02 Å². The number of para-hydroxylation sites is 1. The highest BCUT2D eigenvalue weighted by molar-refractivity contribution is 6.30. The maximum atomic E-state index is 13.6. The number of hydrogen-bond donors (Lipinski definition) is 0. The molecule has 1 unspecified atom stereocenters. The normalized spacial score (nSPS) is 17.3. The number of anilines is 3. The lowest BCUT2D eigenvalue weighted by Crippen LogP contribution is -2.47. The van der Waals surface area contributed by atoms with E-state index in [1.165, 1.54) is 0 Å². The van der Waals surface area contributed by atoms with Crippen LogP contribution in [0.15, 0.2) is 72.8 Å². The van der Waals surface area contributed by atoms with Crippen molar-refractivity contribution in [1.29, 1.82) is 0 Å². The van der Waals surface area contributed by atoms with Gasteiger partial charge >= 0.3 is 0 Å². The van der Waals surface area contributed by atoms with Crippen LogP contribution >= 0.6 is 11.6 Å². The molecular weight excluding hydrogens is 434 g/mol. The van der Waals surface area contributed by atoms with Crippen LogP contribution in [-0.4, -0.2) is 32.0 Å². The summed E-state index contributed by atoms with van der Waals surface area (Å²) in [4.78, 5) is 32.0. The van der Waals surface area contributed by atoms with Gasteiger partial charge in [-0.15, -0.1) is 0 Å². The molecule has 1 aliphatic rings. The van der Waals surface area contributed by atoms with Gasteiger partial charge in [-0.1, -0.05) is 29.8 Å². The third kappa shape index (κ3) is 4.46. The summed E-state index contributed by atoms with van der Waals surface area (Å²) in [6.45, 7) is 3.61. The Balaban J connectivity index is 1.73. The maximum Gasteiger partial charge on any atom is 0.258 e. The maximum absolute atomic E-state index is 13.6. The summed E-state index contributed by atoms with van der Waals surface area (Å²) in [7, 11) is 3.95. The molecule has 4 rings (SSSR count). The van der Waals surface area contributed by atoms with Crippen LogP contribution in [0.25, 0.3) is 0 Å². The zero-order chi connectivity index (χ0) is 23.7. The fourth-order valence-electron chi connectivity index (χ4n) is 4.56. The largest absolute Gasteiger partial charge is 0.378 e. The molecule has 2 amide bonds. The zero-order valence-electron chi connectivity index (χ0n) is 19.3. The number of carbonyl (C=O) groups is 2. The molecule has 0 spiro atoms. The SMILES string of the molecule is CC(=O)N(c1ccc(Cl)cc1)[C@H]1CC(C)N(C(=O)c2ccc(N(C)C)cc2)c2ccccc21. The number of rotatable bonds is 4. The monoisotopic (exact) mass is 461 g/mol. The van der Waals surface area contributed by atoms with Crippen LogP contribution in [0.1, 0.15) is 42.2 Å². The summed E-state index contributed by atoms with van der Waals surface area (Å²) in [5, 5.41) is 0.622. The van der Waals surface area contributed by atoms with Crippen molar-refractivity contribution >= 4 is 40.5 Å². The Bertz CT molecular complexity index is 1160. The molecule has 0 N–H and O–H groups in total. The minimum absolute atomic E-state index is 0.0421. The molecule has 3 aromatic carbocycles. The van der Waals surface area contributed by atoms with Crippen LogP contribution in [0.3, 0.4) is 0 Å². The highest BCUT2D eigenvalue weighted by atomic mass is 35.5. The van der Waals surface area contributed by atoms with Crippen molar-refractivity contribution in [2.75, 3.05) is 28.8 Å². The fourth-order valence-corrected chi connectivity index (χ4v) is 4.69. The van der Waals surface area contributed by atoms with Gasteiger partial charge < -0.3 is 14.7 Å². The van der Waals surface area contributed by atoms with Gasteiger partial charge in [-0.2, -0.15) is 0 Å². The summed E-state index contributed by atoms with van der Waals surface area (Å²) in [6, 6.07) is 22.5. The summed E-state index contributed by atoms with van der Waals surface area (Å²) in [6.07, 6.45) is 0.626. The molecule has 1 aliphatic heterocycles. The van der Waals surface area contributed by atoms with Crippen molar-refractivity contribution in [2.45, 2.75) is 32.4 Å². The van der Waals surface area contributed by atoms with Gasteiger partial charge in [0.15, 0.2) is 0 Å². The van der Waals surface area contributed by atoms with Gasteiger partial charge in [0.05, 0.1) is 6.04 Å². The smallest absolute Gasteiger partial charge is 0.258 e. The molecule has 0 saturated carbocycles. The molecule has 0 bridgehead atoms. The van der Waals surface area contributed by atoms with E-state index in [-0.39, 0.29) is 23.9 Å². The fraction of sp³-hybridized carbons (Fsp3) is 0.259. The van der Waals surface area contributed by atoms with E-state index in [9.17, 15) is 9.59 Å². The lowest BCUT2D eigenvalue weighted by Gasteiger charge is -2.43. The van der Waals surface area contributed by atoms with E-state index < -0.39 is 0 Å². The summed E-state index contributed by atoms with van der Waals surface area (Å²) < 4.78 is 0. The second-order valence-electron chi connectivity index (χ2n) is 8.64. The highest BCUT2D eigenvalue weighted by Crippen LogP contribution is 2.42. The first-order valence-electron chi connectivity index (χ1n) is 11.0. The van der Waals surface area contributed by atoms with Gasteiger partial charge in [0, 0.05) is 54.7 Å². The molecule has 5 nitrogen and oxygen atoms in total. The molecular formula is C27H28ClN3O2. The first-order chi connectivity index (χ1) is 15.8. The summed E-state index contributed by atoms with van der Waals surface area (Å²) in [5.74, 6) is -0.0945. The van der Waals surface area contributed by atoms with Gasteiger partial charge in [0.1, 0.15) is 0 Å². The number of benzene rings is 3. The third-order valence-electron chi connectivity index (χ3n) is 6.17. The van der Waals surface area contributed by atoms with E-state index in [1.54, 1.807) is 24.0 Å². The van der Waals surface area contributed by atoms with Crippen LogP contribution in [0.4, 0.5) is 17.1 Å². The molecule has 170 valence electrons. The Morgan fingerprint density at radius 2 is 1.52 bits per heavy atom. The molecule has 6 heteroatoms.